The summed E-state index contributed by atoms with van der Waals surface area (Å²) in [7, 11) is -0.469. The van der Waals surface area contributed by atoms with Crippen molar-refractivity contribution < 1.29 is 18.8 Å². The molecule has 1 unspecified atom stereocenters. The van der Waals surface area contributed by atoms with Gasteiger partial charge in [0.25, 0.3) is 0 Å². The van der Waals surface area contributed by atoms with Gasteiger partial charge in [0.05, 0.1) is 23.5 Å². The van der Waals surface area contributed by atoms with E-state index in [0.29, 0.717) is 8.48 Å². The van der Waals surface area contributed by atoms with Gasteiger partial charge in [-0.2, -0.15) is 0 Å². The quantitative estimate of drug-likeness (QED) is 0.484. The van der Waals surface area contributed by atoms with Crippen molar-refractivity contribution in [1.82, 2.24) is 0 Å². The number of halogens is 1. The Morgan fingerprint density at radius 1 is 1.32 bits per heavy atom. The van der Waals surface area contributed by atoms with Crippen molar-refractivity contribution in [2.45, 2.75) is 24.3 Å². The highest BCUT2D eigenvalue weighted by Crippen LogP contribution is 2.30. The highest BCUT2D eigenvalue weighted by atomic mass is 127. The maximum atomic E-state index is 12.5. The number of ether oxygens (including phenoxy) is 1. The third kappa shape index (κ3) is 4.12. The molecule has 4 nitrogen and oxygen atoms in total. The summed E-state index contributed by atoms with van der Waals surface area (Å²) in [5.41, 5.74) is -1.26. The predicted molar refractivity (Wildman–Crippen MR) is 82.2 cm³/mol. The molecule has 6 heteroatoms. The summed E-state index contributed by atoms with van der Waals surface area (Å²) in [4.78, 5) is 12.3. The number of rotatable bonds is 4. The van der Waals surface area contributed by atoms with Crippen LogP contribution in [0.2, 0.25) is 0 Å². The Kier molecular flexibility index (Phi) is 5.69. The number of carbonyl (C=O) groups excluding carboxylic acids is 1. The van der Waals surface area contributed by atoms with Gasteiger partial charge in [-0.1, -0.05) is 18.2 Å². The minimum absolute atomic E-state index is 0.0261. The van der Waals surface area contributed by atoms with Crippen molar-refractivity contribution in [3.8, 4) is 0 Å². The topological polar surface area (TPSA) is 63.6 Å². The van der Waals surface area contributed by atoms with Gasteiger partial charge in [0.1, 0.15) is 4.91 Å². The molecule has 0 fully saturated rings. The van der Waals surface area contributed by atoms with Crippen LogP contribution in [0.4, 0.5) is 0 Å². The summed E-state index contributed by atoms with van der Waals surface area (Å²) in [6.45, 7) is 3.06. The first-order valence-electron chi connectivity index (χ1n) is 5.46. The van der Waals surface area contributed by atoms with Gasteiger partial charge in [-0.25, -0.2) is 9.00 Å². The number of methoxy groups -OCH3 is 1. The van der Waals surface area contributed by atoms with Crippen molar-refractivity contribution in [3.05, 3.63) is 38.8 Å². The van der Waals surface area contributed by atoms with E-state index in [-0.39, 0.29) is 4.91 Å². The maximum Gasteiger partial charge on any atom is 0.348 e. The molecule has 0 spiro atoms. The van der Waals surface area contributed by atoms with Crippen LogP contribution in [0.5, 0.6) is 0 Å². The molecule has 0 bridgehead atoms. The highest BCUT2D eigenvalue weighted by Gasteiger charge is 2.30. The number of benzene rings is 1. The molecule has 0 aliphatic carbocycles. The lowest BCUT2D eigenvalue weighted by Gasteiger charge is -2.19. The summed E-state index contributed by atoms with van der Waals surface area (Å²) < 4.78 is 17.4. The third-order valence-corrected chi connectivity index (χ3v) is 5.92. The van der Waals surface area contributed by atoms with E-state index in [1.807, 2.05) is 22.6 Å². The van der Waals surface area contributed by atoms with E-state index in [9.17, 15) is 14.1 Å². The summed E-state index contributed by atoms with van der Waals surface area (Å²) >= 11 is 1.83. The van der Waals surface area contributed by atoms with E-state index in [4.69, 9.17) is 0 Å². The van der Waals surface area contributed by atoms with E-state index in [0.717, 1.165) is 0 Å². The van der Waals surface area contributed by atoms with Crippen LogP contribution >= 0.6 is 22.6 Å². The fourth-order valence-electron chi connectivity index (χ4n) is 1.28. The molecule has 1 aromatic carbocycles. The number of esters is 1. The fraction of sp³-hybridized carbons (Fsp3) is 0.308. The number of aliphatic hydroxyl groups is 1. The summed E-state index contributed by atoms with van der Waals surface area (Å²) in [6.07, 6.45) is 0. The van der Waals surface area contributed by atoms with Crippen molar-refractivity contribution in [3.63, 3.8) is 0 Å². The van der Waals surface area contributed by atoms with E-state index in [1.54, 1.807) is 30.3 Å². The molecule has 0 heterocycles. The average molecular weight is 394 g/mol. The second-order valence-corrected chi connectivity index (χ2v) is 6.77. The lowest BCUT2D eigenvalue weighted by molar-refractivity contribution is -0.135. The third-order valence-electron chi connectivity index (χ3n) is 2.25. The minimum Gasteiger partial charge on any atom is -0.465 e. The second kappa shape index (κ2) is 6.62. The average Bonchev–Trinajstić information content (AvgIpc) is 2.38. The monoisotopic (exact) mass is 394 g/mol. The highest BCUT2D eigenvalue weighted by molar-refractivity contribution is 14.1. The molecule has 0 saturated carbocycles. The Bertz CT molecular complexity index is 517. The van der Waals surface area contributed by atoms with Crippen LogP contribution in [-0.4, -0.2) is 28.0 Å². The summed E-state index contributed by atoms with van der Waals surface area (Å²) in [5, 5.41) is 9.99. The Labute approximate surface area is 128 Å². The predicted octanol–water partition coefficient (Wildman–Crippen LogP) is 2.38. The van der Waals surface area contributed by atoms with Gasteiger partial charge in [-0.05, 0) is 48.6 Å². The smallest absolute Gasteiger partial charge is 0.348 e. The molecule has 0 amide bonds. The first kappa shape index (κ1) is 16.3. The summed E-state index contributed by atoms with van der Waals surface area (Å²) in [6, 6.07) is 8.59. The first-order chi connectivity index (χ1) is 8.79. The number of carbonyl (C=O) groups is 1. The van der Waals surface area contributed by atoms with Crippen LogP contribution in [0.1, 0.15) is 13.8 Å². The molecule has 104 valence electrons. The van der Waals surface area contributed by atoms with Gasteiger partial charge in [0, 0.05) is 8.48 Å². The molecule has 19 heavy (non-hydrogen) atoms. The van der Waals surface area contributed by atoms with E-state index < -0.39 is 22.4 Å². The molecule has 0 aliphatic rings. The molecule has 0 aromatic heterocycles. The molecule has 1 rings (SSSR count). The second-order valence-electron chi connectivity index (χ2n) is 4.28. The lowest BCUT2D eigenvalue weighted by Crippen LogP contribution is -2.24. The molecular formula is C13H15IO4S. The lowest BCUT2D eigenvalue weighted by atomic mass is 10.1. The van der Waals surface area contributed by atoms with Crippen LogP contribution < -0.4 is 0 Å². The molecular weight excluding hydrogens is 379 g/mol. The standard InChI is InChI=1S/C13H15IO4S/c1-13(2,16)11(14)10(12(15)18-3)19(17)9-7-5-4-6-8-9/h4-8,16H,1-3H3/b11-10+. The van der Waals surface area contributed by atoms with Crippen LogP contribution in [0.25, 0.3) is 0 Å². The van der Waals surface area contributed by atoms with Gasteiger partial charge in [0.15, 0.2) is 0 Å². The molecule has 0 saturated heterocycles. The van der Waals surface area contributed by atoms with Crippen LogP contribution in [0.3, 0.4) is 0 Å². The van der Waals surface area contributed by atoms with Crippen molar-refractivity contribution >= 4 is 39.4 Å². The molecule has 1 N–H and O–H groups in total. The van der Waals surface area contributed by atoms with Crippen molar-refractivity contribution in [2.24, 2.45) is 0 Å². The normalized spacial score (nSPS) is 14.6. The zero-order valence-corrected chi connectivity index (χ0v) is 13.8. The molecule has 1 atom stereocenters. The van der Waals surface area contributed by atoms with Crippen LogP contribution in [0, 0.1) is 0 Å². The SMILES string of the molecule is COC(=O)/C(=C(\I)C(C)(C)O)S(=O)c1ccccc1. The van der Waals surface area contributed by atoms with Gasteiger partial charge < -0.3 is 9.84 Å². The Morgan fingerprint density at radius 2 is 1.84 bits per heavy atom. The minimum atomic E-state index is -1.69. The van der Waals surface area contributed by atoms with Crippen molar-refractivity contribution in [2.75, 3.05) is 7.11 Å². The van der Waals surface area contributed by atoms with Gasteiger partial charge in [-0.3, -0.25) is 0 Å². The molecule has 0 aliphatic heterocycles. The van der Waals surface area contributed by atoms with E-state index in [1.165, 1.54) is 21.0 Å². The molecule has 0 radical (unpaired) electrons. The molecule has 1 aromatic rings. The summed E-state index contributed by atoms with van der Waals surface area (Å²) in [5.74, 6) is -0.700. The number of hydrogen-bond acceptors (Lipinski definition) is 4. The number of hydrogen-bond donors (Lipinski definition) is 1. The van der Waals surface area contributed by atoms with Gasteiger partial charge in [-0.15, -0.1) is 0 Å². The maximum absolute atomic E-state index is 12.5. The fourth-order valence-corrected chi connectivity index (χ4v) is 3.39. The zero-order valence-electron chi connectivity index (χ0n) is 10.8. The Balaban J connectivity index is 3.36. The Hall–Kier alpha value is -0.730. The van der Waals surface area contributed by atoms with E-state index >= 15 is 0 Å². The largest absolute Gasteiger partial charge is 0.465 e. The Morgan fingerprint density at radius 3 is 2.26 bits per heavy atom. The van der Waals surface area contributed by atoms with Gasteiger partial charge in [0.2, 0.25) is 0 Å². The van der Waals surface area contributed by atoms with Crippen LogP contribution in [0.15, 0.2) is 43.7 Å². The zero-order chi connectivity index (χ0) is 14.6. The van der Waals surface area contributed by atoms with Crippen molar-refractivity contribution in [1.29, 1.82) is 0 Å². The van der Waals surface area contributed by atoms with Gasteiger partial charge >= 0.3 is 5.97 Å². The first-order valence-corrected chi connectivity index (χ1v) is 7.69. The van der Waals surface area contributed by atoms with E-state index in [2.05, 4.69) is 4.74 Å². The van der Waals surface area contributed by atoms with Crippen LogP contribution in [-0.2, 0) is 20.3 Å².